The molecule has 3 nitrogen and oxygen atoms in total. The van der Waals surface area contributed by atoms with Gasteiger partial charge in [0.2, 0.25) is 0 Å². The Hall–Kier alpha value is -6.06. The van der Waals surface area contributed by atoms with Crippen molar-refractivity contribution in [3.63, 3.8) is 0 Å². The Kier molecular flexibility index (Phi) is 7.11. The summed E-state index contributed by atoms with van der Waals surface area (Å²) in [5.41, 5.74) is 12.3. The van der Waals surface area contributed by atoms with Crippen molar-refractivity contribution in [2.45, 2.75) is 31.1 Å². The van der Waals surface area contributed by atoms with Crippen LogP contribution in [0.2, 0.25) is 0 Å². The average Bonchev–Trinajstić information content (AvgIpc) is 3.50. The Morgan fingerprint density at radius 2 is 1.06 bits per heavy atom. The highest BCUT2D eigenvalue weighted by molar-refractivity contribution is 5.89. The zero-order valence-electron chi connectivity index (χ0n) is 29.3. The van der Waals surface area contributed by atoms with Crippen LogP contribution in [0.25, 0.3) is 33.8 Å². The van der Waals surface area contributed by atoms with Gasteiger partial charge in [0, 0.05) is 34.1 Å². The van der Waals surface area contributed by atoms with E-state index in [2.05, 4.69) is 178 Å². The predicted octanol–water partition coefficient (Wildman–Crippen LogP) is 12.0. The number of hydrogen-bond acceptors (Lipinski definition) is 3. The summed E-state index contributed by atoms with van der Waals surface area (Å²) in [6.07, 6.45) is 4.78. The smallest absolute Gasteiger partial charge is 0.160 e. The Labute approximate surface area is 305 Å². The van der Waals surface area contributed by atoms with Crippen LogP contribution in [0.1, 0.15) is 59.2 Å². The lowest BCUT2D eigenvalue weighted by Crippen LogP contribution is -2.32. The number of ether oxygens (including phenoxy) is 1. The van der Waals surface area contributed by atoms with Gasteiger partial charge in [-0.25, -0.2) is 9.97 Å². The third kappa shape index (κ3) is 4.58. The molecule has 10 rings (SSSR count). The van der Waals surface area contributed by atoms with Gasteiger partial charge in [0.15, 0.2) is 5.82 Å². The fourth-order valence-electron chi connectivity index (χ4n) is 9.22. The van der Waals surface area contributed by atoms with Gasteiger partial charge in [-0.3, -0.25) is 0 Å². The number of fused-ring (bicyclic) bond motifs is 9. The molecule has 4 unspecified atom stereocenters. The first-order valence-corrected chi connectivity index (χ1v) is 18.4. The van der Waals surface area contributed by atoms with Gasteiger partial charge in [-0.05, 0) is 57.9 Å². The molecule has 0 radical (unpaired) electrons. The maximum absolute atomic E-state index is 6.85. The SMILES string of the molecule is CC1C(c2ccccc2)C=CC(c2cc(-c3ccc4c(c3)Oc3ccccc3C43c4ccccc4-c4ccccc43)nc(-c3ccccc3)n2)C1C. The lowest BCUT2D eigenvalue weighted by molar-refractivity contribution is 0.309. The monoisotopic (exact) mass is 670 g/mol. The van der Waals surface area contributed by atoms with Crippen LogP contribution < -0.4 is 4.74 Å². The zero-order chi connectivity index (χ0) is 34.8. The second-order valence-electron chi connectivity index (χ2n) is 14.6. The van der Waals surface area contributed by atoms with Gasteiger partial charge in [-0.15, -0.1) is 0 Å². The summed E-state index contributed by atoms with van der Waals surface area (Å²) in [6, 6.07) is 56.4. The second-order valence-corrected chi connectivity index (χ2v) is 14.6. The molecule has 7 aromatic rings. The highest BCUT2D eigenvalue weighted by atomic mass is 16.5. The summed E-state index contributed by atoms with van der Waals surface area (Å²) >= 11 is 0. The minimum atomic E-state index is -0.490. The quantitative estimate of drug-likeness (QED) is 0.175. The summed E-state index contributed by atoms with van der Waals surface area (Å²) in [5.74, 6) is 3.85. The maximum atomic E-state index is 6.85. The molecule has 250 valence electrons. The third-order valence-electron chi connectivity index (χ3n) is 11.9. The molecule has 0 fully saturated rings. The first-order valence-electron chi connectivity index (χ1n) is 18.4. The Morgan fingerprint density at radius 3 is 1.79 bits per heavy atom. The van der Waals surface area contributed by atoms with Gasteiger partial charge in [-0.1, -0.05) is 166 Å². The summed E-state index contributed by atoms with van der Waals surface area (Å²) < 4.78 is 6.85. The molecule has 3 heteroatoms. The molecule has 0 bridgehead atoms. The predicted molar refractivity (Wildman–Crippen MR) is 210 cm³/mol. The molecule has 0 N–H and O–H groups in total. The van der Waals surface area contributed by atoms with Crippen molar-refractivity contribution >= 4 is 0 Å². The first kappa shape index (κ1) is 30.7. The molecule has 52 heavy (non-hydrogen) atoms. The first-order chi connectivity index (χ1) is 25.6. The second kappa shape index (κ2) is 12.0. The molecule has 1 aromatic heterocycles. The Morgan fingerprint density at radius 1 is 0.481 bits per heavy atom. The van der Waals surface area contributed by atoms with Crippen LogP contribution in [0.15, 0.2) is 170 Å². The van der Waals surface area contributed by atoms with Crippen molar-refractivity contribution in [2.75, 3.05) is 0 Å². The number of aromatic nitrogens is 2. The minimum absolute atomic E-state index is 0.162. The highest BCUT2D eigenvalue weighted by Crippen LogP contribution is 2.62. The molecule has 6 aromatic carbocycles. The lowest BCUT2D eigenvalue weighted by atomic mass is 9.66. The van der Waals surface area contributed by atoms with Crippen molar-refractivity contribution in [3.8, 4) is 45.3 Å². The molecule has 3 aliphatic rings. The van der Waals surface area contributed by atoms with Gasteiger partial charge < -0.3 is 4.74 Å². The van der Waals surface area contributed by atoms with Crippen molar-refractivity contribution in [3.05, 3.63) is 203 Å². The molecule has 1 aliphatic heterocycles. The van der Waals surface area contributed by atoms with Gasteiger partial charge in [0.25, 0.3) is 0 Å². The average molecular weight is 671 g/mol. The van der Waals surface area contributed by atoms with Crippen molar-refractivity contribution < 1.29 is 4.74 Å². The van der Waals surface area contributed by atoms with Crippen molar-refractivity contribution in [1.29, 1.82) is 0 Å². The Balaban J connectivity index is 1.14. The van der Waals surface area contributed by atoms with E-state index in [0.29, 0.717) is 17.8 Å². The number of para-hydroxylation sites is 1. The standard InChI is InChI=1S/C49H38N2O/c1-31-32(2)37(27-26-36(31)33-15-5-3-6-16-33)45-30-44(50-48(51-45)34-17-7-4-8-18-34)35-25-28-43-47(29-35)52-46-24-14-13-23-42(46)49(43)40-21-11-9-19-38(40)39-20-10-12-22-41(39)49/h3-32,36-37H,1-2H3. The van der Waals surface area contributed by atoms with Crippen LogP contribution in [-0.4, -0.2) is 9.97 Å². The third-order valence-corrected chi connectivity index (χ3v) is 11.9. The molecule has 0 amide bonds. The Bertz CT molecular complexity index is 2460. The highest BCUT2D eigenvalue weighted by Gasteiger charge is 2.51. The number of benzene rings is 6. The molecule has 4 atom stereocenters. The number of hydrogen-bond donors (Lipinski definition) is 0. The zero-order valence-corrected chi connectivity index (χ0v) is 29.3. The largest absolute Gasteiger partial charge is 0.457 e. The summed E-state index contributed by atoms with van der Waals surface area (Å²) in [4.78, 5) is 10.5. The van der Waals surface area contributed by atoms with Gasteiger partial charge in [0.1, 0.15) is 11.5 Å². The van der Waals surface area contributed by atoms with Crippen molar-refractivity contribution in [1.82, 2.24) is 9.97 Å². The summed E-state index contributed by atoms with van der Waals surface area (Å²) in [5, 5.41) is 0. The summed E-state index contributed by atoms with van der Waals surface area (Å²) in [7, 11) is 0. The molecule has 0 saturated heterocycles. The molecule has 2 aliphatic carbocycles. The normalized spacial score (nSPS) is 20.3. The van der Waals surface area contributed by atoms with Crippen LogP contribution in [0.5, 0.6) is 11.5 Å². The number of nitrogens with zero attached hydrogens (tertiary/aromatic N) is 2. The minimum Gasteiger partial charge on any atom is -0.457 e. The summed E-state index contributed by atoms with van der Waals surface area (Å²) in [6.45, 7) is 4.76. The molecular weight excluding hydrogens is 633 g/mol. The van der Waals surface area contributed by atoms with Crippen LogP contribution >= 0.6 is 0 Å². The van der Waals surface area contributed by atoms with E-state index in [9.17, 15) is 0 Å². The van der Waals surface area contributed by atoms with E-state index in [-0.39, 0.29) is 5.92 Å². The molecule has 1 spiro atoms. The van der Waals surface area contributed by atoms with E-state index in [1.54, 1.807) is 0 Å². The molecule has 0 saturated carbocycles. The maximum Gasteiger partial charge on any atom is 0.160 e. The van der Waals surface area contributed by atoms with Crippen LogP contribution in [-0.2, 0) is 5.41 Å². The molecular formula is C49H38N2O. The van der Waals surface area contributed by atoms with E-state index in [4.69, 9.17) is 14.7 Å². The van der Waals surface area contributed by atoms with Crippen LogP contribution in [0, 0.1) is 11.8 Å². The van der Waals surface area contributed by atoms with E-state index >= 15 is 0 Å². The van der Waals surface area contributed by atoms with Gasteiger partial charge in [-0.2, -0.15) is 0 Å². The fourth-order valence-corrected chi connectivity index (χ4v) is 9.22. The van der Waals surface area contributed by atoms with Crippen LogP contribution in [0.4, 0.5) is 0 Å². The van der Waals surface area contributed by atoms with Gasteiger partial charge >= 0.3 is 0 Å². The lowest BCUT2D eigenvalue weighted by Gasteiger charge is -2.39. The van der Waals surface area contributed by atoms with E-state index in [0.717, 1.165) is 45.4 Å². The van der Waals surface area contributed by atoms with Crippen LogP contribution in [0.3, 0.4) is 0 Å². The fraction of sp³-hybridized carbons (Fsp3) is 0.143. The molecule has 2 heterocycles. The number of allylic oxidation sites excluding steroid dienone is 2. The topological polar surface area (TPSA) is 35.0 Å². The van der Waals surface area contributed by atoms with E-state index < -0.39 is 5.41 Å². The van der Waals surface area contributed by atoms with E-state index in [1.807, 2.05) is 6.07 Å². The van der Waals surface area contributed by atoms with Crippen molar-refractivity contribution in [2.24, 2.45) is 11.8 Å². The number of rotatable bonds is 4. The van der Waals surface area contributed by atoms with E-state index in [1.165, 1.54) is 33.4 Å². The van der Waals surface area contributed by atoms with Gasteiger partial charge in [0.05, 0.1) is 16.8 Å².